The molecule has 0 aliphatic carbocycles. The van der Waals surface area contributed by atoms with Crippen LogP contribution in [0.25, 0.3) is 0 Å². The normalized spacial score (nSPS) is 13.5. The number of rotatable bonds is 2. The van der Waals surface area contributed by atoms with Crippen molar-refractivity contribution in [1.29, 1.82) is 0 Å². The number of nitrogens with zero attached hydrogens (tertiary/aromatic N) is 1. The summed E-state index contributed by atoms with van der Waals surface area (Å²) in [6, 6.07) is 6.34. The summed E-state index contributed by atoms with van der Waals surface area (Å²) in [5, 5.41) is 4.47. The van der Waals surface area contributed by atoms with E-state index < -0.39 is 0 Å². The maximum Gasteiger partial charge on any atom is 0.265 e. The summed E-state index contributed by atoms with van der Waals surface area (Å²) < 4.78 is 0. The fraction of sp³-hybridized carbons (Fsp3) is 0.0714. The first-order chi connectivity index (χ1) is 9.97. The van der Waals surface area contributed by atoms with Crippen molar-refractivity contribution in [2.75, 3.05) is 12.4 Å². The molecular formula is C14H10N2O3S2. The molecule has 0 bridgehead atoms. The highest BCUT2D eigenvalue weighted by Crippen LogP contribution is 2.25. The van der Waals surface area contributed by atoms with E-state index in [0.717, 1.165) is 9.80 Å². The maximum absolute atomic E-state index is 12.0. The van der Waals surface area contributed by atoms with Gasteiger partial charge in [0.05, 0.1) is 16.0 Å². The van der Waals surface area contributed by atoms with Crippen LogP contribution in [-0.4, -0.2) is 29.7 Å². The lowest BCUT2D eigenvalue weighted by Crippen LogP contribution is -2.24. The Morgan fingerprint density at radius 2 is 1.90 bits per heavy atom. The van der Waals surface area contributed by atoms with Crippen molar-refractivity contribution in [3.63, 3.8) is 0 Å². The number of thiol groups is 1. The van der Waals surface area contributed by atoms with Gasteiger partial charge in [0, 0.05) is 23.0 Å². The first-order valence-electron chi connectivity index (χ1n) is 6.02. The topological polar surface area (TPSA) is 66.5 Å². The van der Waals surface area contributed by atoms with Crippen LogP contribution in [0.15, 0.2) is 34.5 Å². The molecule has 1 aliphatic rings. The van der Waals surface area contributed by atoms with Crippen molar-refractivity contribution in [2.45, 2.75) is 4.90 Å². The molecule has 0 atom stereocenters. The number of hydrogen-bond acceptors (Lipinski definition) is 5. The number of nitrogens with one attached hydrogen (secondary N) is 1. The van der Waals surface area contributed by atoms with E-state index in [2.05, 4.69) is 17.9 Å². The number of benzene rings is 1. The van der Waals surface area contributed by atoms with Crippen LogP contribution in [-0.2, 0) is 0 Å². The van der Waals surface area contributed by atoms with Crippen LogP contribution in [0.5, 0.6) is 0 Å². The van der Waals surface area contributed by atoms with Crippen LogP contribution < -0.4 is 5.32 Å². The standard InChI is InChI=1S/C14H10N2O3S2/c1-16-13(18)9-3-2-7(4-10(9)14(16)19)15-12(17)11-5-8(20)6-21-11/h2-6,20H,1H3,(H,15,17). The molecule has 0 saturated heterocycles. The van der Waals surface area contributed by atoms with Crippen molar-refractivity contribution in [3.8, 4) is 0 Å². The van der Waals surface area contributed by atoms with Crippen LogP contribution in [0.2, 0.25) is 0 Å². The van der Waals surface area contributed by atoms with Crippen LogP contribution >= 0.6 is 24.0 Å². The SMILES string of the molecule is CN1C(=O)c2ccc(NC(=O)c3cc(S)cs3)cc2C1=O. The highest BCUT2D eigenvalue weighted by atomic mass is 32.1. The second-order valence-corrected chi connectivity index (χ2v) is 5.98. The molecule has 1 aliphatic heterocycles. The number of anilines is 1. The van der Waals surface area contributed by atoms with E-state index in [9.17, 15) is 14.4 Å². The molecule has 2 heterocycles. The third-order valence-electron chi connectivity index (χ3n) is 3.16. The van der Waals surface area contributed by atoms with E-state index in [4.69, 9.17) is 0 Å². The Labute approximate surface area is 130 Å². The van der Waals surface area contributed by atoms with Crippen molar-refractivity contribution in [3.05, 3.63) is 45.6 Å². The molecule has 3 amide bonds. The molecule has 0 saturated carbocycles. The number of carbonyl (C=O) groups excluding carboxylic acids is 3. The Morgan fingerprint density at radius 1 is 1.19 bits per heavy atom. The Bertz CT molecular complexity index is 782. The number of imide groups is 1. The van der Waals surface area contributed by atoms with Gasteiger partial charge in [-0.05, 0) is 24.3 Å². The monoisotopic (exact) mass is 318 g/mol. The zero-order valence-electron chi connectivity index (χ0n) is 10.9. The number of thiophene rings is 1. The van der Waals surface area contributed by atoms with E-state index in [1.54, 1.807) is 23.6 Å². The van der Waals surface area contributed by atoms with Gasteiger partial charge in [-0.1, -0.05) is 0 Å². The molecule has 21 heavy (non-hydrogen) atoms. The largest absolute Gasteiger partial charge is 0.321 e. The highest BCUT2D eigenvalue weighted by molar-refractivity contribution is 7.80. The van der Waals surface area contributed by atoms with Gasteiger partial charge in [0.2, 0.25) is 0 Å². The smallest absolute Gasteiger partial charge is 0.265 e. The lowest BCUT2D eigenvalue weighted by atomic mass is 10.1. The van der Waals surface area contributed by atoms with E-state index in [1.165, 1.54) is 24.5 Å². The fourth-order valence-corrected chi connectivity index (χ4v) is 3.12. The van der Waals surface area contributed by atoms with Gasteiger partial charge in [0.1, 0.15) is 0 Å². The van der Waals surface area contributed by atoms with E-state index in [1.807, 2.05) is 0 Å². The Balaban J connectivity index is 1.87. The number of hydrogen-bond donors (Lipinski definition) is 2. The van der Waals surface area contributed by atoms with Crippen LogP contribution in [0, 0.1) is 0 Å². The molecule has 0 unspecified atom stereocenters. The third kappa shape index (κ3) is 2.34. The zero-order chi connectivity index (χ0) is 15.1. The second kappa shape index (κ2) is 5.01. The van der Waals surface area contributed by atoms with Crippen LogP contribution in [0.1, 0.15) is 30.4 Å². The minimum Gasteiger partial charge on any atom is -0.321 e. The van der Waals surface area contributed by atoms with Crippen molar-refractivity contribution < 1.29 is 14.4 Å². The number of amides is 3. The second-order valence-electron chi connectivity index (χ2n) is 4.55. The van der Waals surface area contributed by atoms with E-state index >= 15 is 0 Å². The predicted octanol–water partition coefficient (Wildman–Crippen LogP) is 2.51. The average molecular weight is 318 g/mol. The number of fused-ring (bicyclic) bond motifs is 1. The Hall–Kier alpha value is -2.12. The van der Waals surface area contributed by atoms with E-state index in [-0.39, 0.29) is 17.7 Å². The predicted molar refractivity (Wildman–Crippen MR) is 82.4 cm³/mol. The molecular weight excluding hydrogens is 308 g/mol. The third-order valence-corrected chi connectivity index (χ3v) is 4.52. The van der Waals surface area contributed by atoms with E-state index in [0.29, 0.717) is 21.7 Å². The first kappa shape index (κ1) is 13.8. The maximum atomic E-state index is 12.0. The Morgan fingerprint density at radius 3 is 2.57 bits per heavy atom. The minimum atomic E-state index is -0.361. The summed E-state index contributed by atoms with van der Waals surface area (Å²) >= 11 is 5.44. The molecule has 7 heteroatoms. The molecule has 0 fully saturated rings. The van der Waals surface area contributed by atoms with Crippen LogP contribution in [0.4, 0.5) is 5.69 Å². The zero-order valence-corrected chi connectivity index (χ0v) is 12.6. The summed E-state index contributed by atoms with van der Waals surface area (Å²) in [6.07, 6.45) is 0. The van der Waals surface area contributed by atoms with Crippen molar-refractivity contribution in [1.82, 2.24) is 4.90 Å². The molecule has 2 aromatic rings. The fourth-order valence-electron chi connectivity index (χ4n) is 2.08. The summed E-state index contributed by atoms with van der Waals surface area (Å²) in [5.41, 5.74) is 1.14. The molecule has 0 radical (unpaired) electrons. The van der Waals surface area contributed by atoms with Gasteiger partial charge < -0.3 is 5.32 Å². The van der Waals surface area contributed by atoms with Gasteiger partial charge in [-0.2, -0.15) is 0 Å². The van der Waals surface area contributed by atoms with Gasteiger partial charge in [-0.3, -0.25) is 19.3 Å². The van der Waals surface area contributed by atoms with Crippen molar-refractivity contribution in [2.24, 2.45) is 0 Å². The molecule has 1 N–H and O–H groups in total. The quantitative estimate of drug-likeness (QED) is 0.660. The van der Waals surface area contributed by atoms with Gasteiger partial charge >= 0.3 is 0 Å². The molecule has 1 aromatic heterocycles. The molecule has 0 spiro atoms. The molecule has 106 valence electrons. The van der Waals surface area contributed by atoms with Crippen molar-refractivity contribution >= 4 is 47.4 Å². The van der Waals surface area contributed by atoms with Crippen LogP contribution in [0.3, 0.4) is 0 Å². The lowest BCUT2D eigenvalue weighted by Gasteiger charge is -2.04. The minimum absolute atomic E-state index is 0.273. The highest BCUT2D eigenvalue weighted by Gasteiger charge is 2.32. The summed E-state index contributed by atoms with van der Waals surface area (Å²) in [4.78, 5) is 38.0. The molecule has 3 rings (SSSR count). The average Bonchev–Trinajstić information content (AvgIpc) is 2.98. The number of carbonyl (C=O) groups is 3. The summed E-state index contributed by atoms with van der Waals surface area (Å²) in [5.74, 6) is -0.962. The Kier molecular flexibility index (Phi) is 3.30. The van der Waals surface area contributed by atoms with Gasteiger partial charge in [-0.25, -0.2) is 0 Å². The van der Waals surface area contributed by atoms with Gasteiger partial charge in [0.15, 0.2) is 0 Å². The van der Waals surface area contributed by atoms with Gasteiger partial charge in [-0.15, -0.1) is 24.0 Å². The summed E-state index contributed by atoms with van der Waals surface area (Å²) in [7, 11) is 1.43. The lowest BCUT2D eigenvalue weighted by molar-refractivity contribution is 0.0692. The molecule has 5 nitrogen and oxygen atoms in total. The molecule has 1 aromatic carbocycles. The van der Waals surface area contributed by atoms with Gasteiger partial charge in [0.25, 0.3) is 17.7 Å². The first-order valence-corrected chi connectivity index (χ1v) is 7.35. The summed E-state index contributed by atoms with van der Waals surface area (Å²) in [6.45, 7) is 0.